The van der Waals surface area contributed by atoms with Gasteiger partial charge in [-0.25, -0.2) is 4.79 Å². The number of carboxylic acid groups (broad SMARTS) is 1. The topological polar surface area (TPSA) is 139 Å². The Bertz CT molecular complexity index is 832. The summed E-state index contributed by atoms with van der Waals surface area (Å²) in [7, 11) is -1.90. The van der Waals surface area contributed by atoms with Crippen LogP contribution in [-0.4, -0.2) is 51.7 Å². The third-order valence-electron chi connectivity index (χ3n) is 4.26. The summed E-state index contributed by atoms with van der Waals surface area (Å²) in [5.41, 5.74) is 1.23. The molecule has 8 nitrogen and oxygen atoms in total. The standard InChI is InChI=1S/C19H23BN2O6.ClH/c1-2-21-11-12-6-8-13(9-7-12)18(24)22-16(20(27)28)10-14-4-3-5-15(17(14)23)19(25)26;/h3-9,16,21,23,27-28H,2,10-11H2,1H3,(H,22,24)(H,25,26);1H/t16-;/m0./s1. The molecule has 1 atom stereocenters. The van der Waals surface area contributed by atoms with Gasteiger partial charge in [-0.3, -0.25) is 4.79 Å². The number of rotatable bonds is 9. The van der Waals surface area contributed by atoms with Gasteiger partial charge in [0.25, 0.3) is 5.91 Å². The van der Waals surface area contributed by atoms with Crippen LogP contribution in [0.1, 0.15) is 38.8 Å². The highest BCUT2D eigenvalue weighted by molar-refractivity contribution is 6.43. The van der Waals surface area contributed by atoms with Crippen LogP contribution < -0.4 is 10.6 Å². The molecule has 6 N–H and O–H groups in total. The van der Waals surface area contributed by atoms with Crippen molar-refractivity contribution in [2.24, 2.45) is 0 Å². The Morgan fingerprint density at radius 3 is 2.31 bits per heavy atom. The molecule has 0 bridgehead atoms. The van der Waals surface area contributed by atoms with Crippen LogP contribution in [0.2, 0.25) is 0 Å². The second-order valence-corrected chi connectivity index (χ2v) is 6.29. The molecule has 0 fully saturated rings. The molecule has 1 amide bonds. The fraction of sp³-hybridized carbons (Fsp3) is 0.263. The number of carbonyl (C=O) groups is 2. The van der Waals surface area contributed by atoms with Crippen LogP contribution in [-0.2, 0) is 13.0 Å². The fourth-order valence-corrected chi connectivity index (χ4v) is 2.69. The first-order chi connectivity index (χ1) is 13.3. The first-order valence-electron chi connectivity index (χ1n) is 8.84. The quantitative estimate of drug-likeness (QED) is 0.331. The molecule has 0 radical (unpaired) electrons. The third-order valence-corrected chi connectivity index (χ3v) is 4.26. The monoisotopic (exact) mass is 422 g/mol. The van der Waals surface area contributed by atoms with Gasteiger partial charge in [0, 0.05) is 12.1 Å². The highest BCUT2D eigenvalue weighted by Crippen LogP contribution is 2.24. The van der Waals surface area contributed by atoms with Gasteiger partial charge in [-0.05, 0) is 42.3 Å². The van der Waals surface area contributed by atoms with E-state index in [0.717, 1.165) is 12.1 Å². The van der Waals surface area contributed by atoms with Gasteiger partial charge < -0.3 is 30.9 Å². The number of hydrogen-bond donors (Lipinski definition) is 6. The molecular formula is C19H24BClN2O6. The molecule has 0 spiro atoms. The van der Waals surface area contributed by atoms with E-state index >= 15 is 0 Å². The number of aromatic carboxylic acids is 1. The zero-order valence-electron chi connectivity index (χ0n) is 15.8. The summed E-state index contributed by atoms with van der Waals surface area (Å²) in [5, 5.41) is 44.1. The number of aromatic hydroxyl groups is 1. The summed E-state index contributed by atoms with van der Waals surface area (Å²) in [5.74, 6) is -3.42. The van der Waals surface area contributed by atoms with E-state index in [0.29, 0.717) is 12.1 Å². The van der Waals surface area contributed by atoms with Crippen molar-refractivity contribution in [2.75, 3.05) is 6.54 Å². The molecule has 0 aliphatic heterocycles. The molecule has 0 saturated carbocycles. The lowest BCUT2D eigenvalue weighted by Gasteiger charge is -2.19. The van der Waals surface area contributed by atoms with E-state index in [-0.39, 0.29) is 30.0 Å². The highest BCUT2D eigenvalue weighted by atomic mass is 35.5. The van der Waals surface area contributed by atoms with Crippen LogP contribution in [0.3, 0.4) is 0 Å². The van der Waals surface area contributed by atoms with Gasteiger partial charge in [-0.2, -0.15) is 0 Å². The van der Waals surface area contributed by atoms with Crippen LogP contribution in [0, 0.1) is 0 Å². The second kappa shape index (κ2) is 11.4. The molecule has 0 aliphatic carbocycles. The Labute approximate surface area is 175 Å². The Kier molecular flexibility index (Phi) is 9.63. The number of para-hydroxylation sites is 1. The van der Waals surface area contributed by atoms with E-state index < -0.39 is 30.7 Å². The van der Waals surface area contributed by atoms with E-state index in [4.69, 9.17) is 5.11 Å². The summed E-state index contributed by atoms with van der Waals surface area (Å²) in [6.45, 7) is 3.50. The number of hydrogen-bond acceptors (Lipinski definition) is 6. The molecule has 2 aromatic carbocycles. The lowest BCUT2D eigenvalue weighted by atomic mass is 9.75. The summed E-state index contributed by atoms with van der Waals surface area (Å²) >= 11 is 0. The highest BCUT2D eigenvalue weighted by Gasteiger charge is 2.28. The van der Waals surface area contributed by atoms with Crippen LogP contribution >= 0.6 is 12.4 Å². The third kappa shape index (κ3) is 6.76. The van der Waals surface area contributed by atoms with Crippen molar-refractivity contribution in [1.82, 2.24) is 10.6 Å². The van der Waals surface area contributed by atoms with Crippen molar-refractivity contribution in [3.05, 3.63) is 64.7 Å². The average Bonchev–Trinajstić information content (AvgIpc) is 2.67. The maximum atomic E-state index is 12.4. The van der Waals surface area contributed by atoms with E-state index in [9.17, 15) is 24.7 Å². The Morgan fingerprint density at radius 1 is 1.10 bits per heavy atom. The minimum atomic E-state index is -1.90. The zero-order chi connectivity index (χ0) is 20.7. The lowest BCUT2D eigenvalue weighted by Crippen LogP contribution is -2.47. The van der Waals surface area contributed by atoms with Gasteiger partial charge in [0.05, 0.1) is 5.94 Å². The SMILES string of the molecule is CCNCc1ccc(C(=O)N[C@@H](Cc2cccc(C(=O)O)c2O)B(O)O)cc1.Cl. The molecule has 0 heterocycles. The van der Waals surface area contributed by atoms with Crippen molar-refractivity contribution in [1.29, 1.82) is 0 Å². The van der Waals surface area contributed by atoms with Gasteiger partial charge in [-0.15, -0.1) is 12.4 Å². The Hall–Kier alpha value is -2.59. The second-order valence-electron chi connectivity index (χ2n) is 6.29. The Balaban J connectivity index is 0.00000420. The molecule has 0 aromatic heterocycles. The van der Waals surface area contributed by atoms with Crippen molar-refractivity contribution in [3.63, 3.8) is 0 Å². The van der Waals surface area contributed by atoms with Gasteiger partial charge in [0.15, 0.2) is 0 Å². The first-order valence-corrected chi connectivity index (χ1v) is 8.84. The number of nitrogens with one attached hydrogen (secondary N) is 2. The summed E-state index contributed by atoms with van der Waals surface area (Å²) in [6, 6.07) is 11.0. The molecule has 2 aromatic rings. The number of carboxylic acids is 1. The molecule has 0 unspecified atom stereocenters. The van der Waals surface area contributed by atoms with Crippen LogP contribution in [0.4, 0.5) is 0 Å². The fourth-order valence-electron chi connectivity index (χ4n) is 2.69. The number of carbonyl (C=O) groups excluding carboxylic acids is 1. The van der Waals surface area contributed by atoms with E-state index in [2.05, 4.69) is 10.6 Å². The lowest BCUT2D eigenvalue weighted by molar-refractivity contribution is 0.0693. The number of phenols is 1. The van der Waals surface area contributed by atoms with Gasteiger partial charge in [-0.1, -0.05) is 31.2 Å². The van der Waals surface area contributed by atoms with E-state index in [1.807, 2.05) is 6.92 Å². The predicted octanol–water partition coefficient (Wildman–Crippen LogP) is 0.975. The molecule has 2 rings (SSSR count). The molecule has 0 aliphatic rings. The van der Waals surface area contributed by atoms with Gasteiger partial charge >= 0.3 is 13.1 Å². The molecule has 29 heavy (non-hydrogen) atoms. The van der Waals surface area contributed by atoms with Crippen molar-refractivity contribution < 1.29 is 29.9 Å². The molecular weight excluding hydrogens is 398 g/mol. The minimum absolute atomic E-state index is 0. The normalized spacial score (nSPS) is 11.3. The van der Waals surface area contributed by atoms with Crippen LogP contribution in [0.15, 0.2) is 42.5 Å². The van der Waals surface area contributed by atoms with Crippen LogP contribution in [0.25, 0.3) is 0 Å². The maximum absolute atomic E-state index is 12.4. The Morgan fingerprint density at radius 2 is 1.76 bits per heavy atom. The summed E-state index contributed by atoms with van der Waals surface area (Å²) in [4.78, 5) is 23.5. The van der Waals surface area contributed by atoms with Crippen molar-refractivity contribution in [3.8, 4) is 5.75 Å². The molecule has 0 saturated heterocycles. The summed E-state index contributed by atoms with van der Waals surface area (Å²) in [6.07, 6.45) is -0.158. The summed E-state index contributed by atoms with van der Waals surface area (Å²) < 4.78 is 0. The van der Waals surface area contributed by atoms with Crippen molar-refractivity contribution >= 4 is 31.4 Å². The van der Waals surface area contributed by atoms with Gasteiger partial charge in [0.1, 0.15) is 11.3 Å². The first kappa shape index (κ1) is 24.5. The molecule has 156 valence electrons. The number of halogens is 1. The maximum Gasteiger partial charge on any atom is 0.475 e. The largest absolute Gasteiger partial charge is 0.507 e. The predicted molar refractivity (Wildman–Crippen MR) is 111 cm³/mol. The number of benzene rings is 2. The molecule has 10 heteroatoms. The van der Waals surface area contributed by atoms with E-state index in [1.54, 1.807) is 24.3 Å². The zero-order valence-corrected chi connectivity index (χ0v) is 16.6. The number of amides is 1. The van der Waals surface area contributed by atoms with E-state index in [1.165, 1.54) is 18.2 Å². The van der Waals surface area contributed by atoms with Gasteiger partial charge in [0.2, 0.25) is 0 Å². The average molecular weight is 423 g/mol. The smallest absolute Gasteiger partial charge is 0.475 e. The van der Waals surface area contributed by atoms with Crippen molar-refractivity contribution in [2.45, 2.75) is 25.8 Å². The van der Waals surface area contributed by atoms with Crippen LogP contribution in [0.5, 0.6) is 5.75 Å². The minimum Gasteiger partial charge on any atom is -0.507 e.